The summed E-state index contributed by atoms with van der Waals surface area (Å²) in [6, 6.07) is 3.71. The normalized spacial score (nSPS) is 23.5. The second-order valence-corrected chi connectivity index (χ2v) is 9.98. The Bertz CT molecular complexity index is 1260. The number of imidazole rings is 1. The first kappa shape index (κ1) is 22.1. The van der Waals surface area contributed by atoms with Crippen LogP contribution in [-0.2, 0) is 16.0 Å². The number of carbonyl (C=O) groups is 2. The van der Waals surface area contributed by atoms with Crippen molar-refractivity contribution in [1.29, 1.82) is 0 Å². The number of H-pyrrole nitrogens is 1. The van der Waals surface area contributed by atoms with Crippen LogP contribution in [-0.4, -0.2) is 46.4 Å². The highest BCUT2D eigenvalue weighted by molar-refractivity contribution is 6.14. The summed E-state index contributed by atoms with van der Waals surface area (Å²) in [5.41, 5.74) is 6.59. The lowest BCUT2D eigenvalue weighted by molar-refractivity contribution is -0.113. The summed E-state index contributed by atoms with van der Waals surface area (Å²) < 4.78 is 5.59. The van der Waals surface area contributed by atoms with Crippen molar-refractivity contribution in [1.82, 2.24) is 14.9 Å². The Labute approximate surface area is 205 Å². The predicted octanol–water partition coefficient (Wildman–Crippen LogP) is 4.14. The van der Waals surface area contributed by atoms with Crippen LogP contribution in [0.5, 0.6) is 0 Å². The third-order valence-electron chi connectivity index (χ3n) is 7.91. The van der Waals surface area contributed by atoms with Crippen LogP contribution in [0.2, 0.25) is 0 Å². The summed E-state index contributed by atoms with van der Waals surface area (Å²) in [5.74, 6) is 0.288. The first-order chi connectivity index (χ1) is 17.0. The number of benzene rings is 1. The third-order valence-corrected chi connectivity index (χ3v) is 7.91. The Hall–Kier alpha value is -3.39. The summed E-state index contributed by atoms with van der Waals surface area (Å²) in [5, 5.41) is 3.07. The van der Waals surface area contributed by atoms with Crippen molar-refractivity contribution in [3.05, 3.63) is 65.0 Å². The minimum absolute atomic E-state index is 0.00792. The Morgan fingerprint density at radius 2 is 2.11 bits per heavy atom. The highest BCUT2D eigenvalue weighted by Crippen LogP contribution is 2.48. The lowest BCUT2D eigenvalue weighted by Crippen LogP contribution is -2.38. The van der Waals surface area contributed by atoms with E-state index in [1.54, 1.807) is 6.33 Å². The van der Waals surface area contributed by atoms with Gasteiger partial charge in [0, 0.05) is 49.1 Å². The molecule has 0 aliphatic carbocycles. The van der Waals surface area contributed by atoms with Gasteiger partial charge < -0.3 is 24.8 Å². The van der Waals surface area contributed by atoms with E-state index in [1.165, 1.54) is 0 Å². The fourth-order valence-corrected chi connectivity index (χ4v) is 5.74. The maximum atomic E-state index is 13.4. The average molecular weight is 474 g/mol. The smallest absolute Gasteiger partial charge is 0.272 e. The molecule has 4 aliphatic rings. The minimum Gasteiger partial charge on any atom is -0.381 e. The monoisotopic (exact) mass is 473 g/mol. The SMILES string of the molecule is C=C(C1CCOCC1)N1/C(=C\C(C)CC)C(=O)Nc2cc3c(cc21)C1c2nc[nH]c2CCN1C3=O. The van der Waals surface area contributed by atoms with E-state index < -0.39 is 0 Å². The van der Waals surface area contributed by atoms with Crippen LogP contribution in [0.1, 0.15) is 66.5 Å². The maximum absolute atomic E-state index is 13.4. The topological polar surface area (TPSA) is 90.6 Å². The number of hydrogen-bond acceptors (Lipinski definition) is 5. The van der Waals surface area contributed by atoms with E-state index in [4.69, 9.17) is 4.74 Å². The summed E-state index contributed by atoms with van der Waals surface area (Å²) in [6.45, 7) is 10.8. The fraction of sp³-hybridized carbons (Fsp3) is 0.444. The highest BCUT2D eigenvalue weighted by Gasteiger charge is 2.44. The maximum Gasteiger partial charge on any atom is 0.272 e. The minimum atomic E-state index is -0.212. The molecule has 0 saturated carbocycles. The van der Waals surface area contributed by atoms with Crippen LogP contribution < -0.4 is 10.2 Å². The lowest BCUT2D eigenvalue weighted by Gasteiger charge is -2.39. The van der Waals surface area contributed by atoms with Gasteiger partial charge in [0.05, 0.1) is 23.4 Å². The number of aromatic amines is 1. The van der Waals surface area contributed by atoms with Crippen molar-refractivity contribution in [2.45, 2.75) is 45.6 Å². The number of aromatic nitrogens is 2. The second-order valence-electron chi connectivity index (χ2n) is 9.98. The molecule has 2 unspecified atom stereocenters. The predicted molar refractivity (Wildman–Crippen MR) is 133 cm³/mol. The second kappa shape index (κ2) is 8.37. The molecule has 0 bridgehead atoms. The Balaban J connectivity index is 1.51. The van der Waals surface area contributed by atoms with Crippen LogP contribution in [0.4, 0.5) is 11.4 Å². The van der Waals surface area contributed by atoms with Crippen molar-refractivity contribution >= 4 is 23.2 Å². The van der Waals surface area contributed by atoms with Crippen molar-refractivity contribution in [2.24, 2.45) is 11.8 Å². The zero-order valence-electron chi connectivity index (χ0n) is 20.3. The standard InChI is InChI=1S/C27H31N5O3/c1-4-15(2)11-23-26(33)30-21-12-19-18(13-22(21)32(23)16(3)17-6-9-35-10-7-17)25-24-20(28-14-29-24)5-8-31(25)27(19)34/h11-15,17,25H,3-10H2,1-2H3,(H,28,29)(H,30,33)/b23-11-. The van der Waals surface area contributed by atoms with Crippen LogP contribution in [0.3, 0.4) is 0 Å². The molecule has 1 fully saturated rings. The first-order valence-electron chi connectivity index (χ1n) is 12.6. The molecule has 1 aromatic heterocycles. The van der Waals surface area contributed by atoms with E-state index in [-0.39, 0.29) is 29.7 Å². The summed E-state index contributed by atoms with van der Waals surface area (Å²) in [7, 11) is 0. The van der Waals surface area contributed by atoms with Crippen molar-refractivity contribution in [2.75, 3.05) is 30.0 Å². The molecule has 5 heterocycles. The number of fused-ring (bicyclic) bond motifs is 6. The molecular weight excluding hydrogens is 442 g/mol. The van der Waals surface area contributed by atoms with Gasteiger partial charge in [-0.2, -0.15) is 0 Å². The molecule has 0 spiro atoms. The summed E-state index contributed by atoms with van der Waals surface area (Å²) >= 11 is 0. The number of hydrogen-bond donors (Lipinski definition) is 2. The van der Waals surface area contributed by atoms with E-state index in [2.05, 4.69) is 41.8 Å². The molecule has 6 rings (SSSR count). The summed E-state index contributed by atoms with van der Waals surface area (Å²) in [4.78, 5) is 38.5. The molecule has 8 nitrogen and oxygen atoms in total. The van der Waals surface area contributed by atoms with Gasteiger partial charge in [0.2, 0.25) is 0 Å². The molecule has 2 amide bonds. The molecule has 8 heteroatoms. The van der Waals surface area contributed by atoms with E-state index in [9.17, 15) is 9.59 Å². The molecule has 1 saturated heterocycles. The third kappa shape index (κ3) is 3.42. The molecular formula is C27H31N5O3. The Kier molecular flexibility index (Phi) is 5.29. The van der Waals surface area contributed by atoms with Crippen LogP contribution in [0.25, 0.3) is 0 Å². The molecule has 2 atom stereocenters. The van der Waals surface area contributed by atoms with Gasteiger partial charge in [-0.15, -0.1) is 0 Å². The Morgan fingerprint density at radius 3 is 2.89 bits per heavy atom. The van der Waals surface area contributed by atoms with Gasteiger partial charge in [-0.25, -0.2) is 4.98 Å². The van der Waals surface area contributed by atoms with Gasteiger partial charge in [-0.1, -0.05) is 32.9 Å². The molecule has 2 aromatic rings. The van der Waals surface area contributed by atoms with Gasteiger partial charge in [-0.3, -0.25) is 9.59 Å². The fourth-order valence-electron chi connectivity index (χ4n) is 5.74. The molecule has 35 heavy (non-hydrogen) atoms. The number of amides is 2. The number of nitrogens with zero attached hydrogens (tertiary/aromatic N) is 3. The van der Waals surface area contributed by atoms with Crippen LogP contribution >= 0.6 is 0 Å². The van der Waals surface area contributed by atoms with E-state index >= 15 is 0 Å². The largest absolute Gasteiger partial charge is 0.381 e. The number of nitrogens with one attached hydrogen (secondary N) is 2. The van der Waals surface area contributed by atoms with Crippen molar-refractivity contribution < 1.29 is 14.3 Å². The average Bonchev–Trinajstić information content (AvgIpc) is 3.46. The van der Waals surface area contributed by atoms with E-state index in [0.29, 0.717) is 36.7 Å². The molecule has 4 aliphatic heterocycles. The van der Waals surface area contributed by atoms with Gasteiger partial charge in [0.25, 0.3) is 11.8 Å². The zero-order valence-corrected chi connectivity index (χ0v) is 20.3. The molecule has 0 radical (unpaired) electrons. The Morgan fingerprint density at radius 1 is 1.31 bits per heavy atom. The van der Waals surface area contributed by atoms with Gasteiger partial charge >= 0.3 is 0 Å². The molecule has 1 aromatic carbocycles. The quantitative estimate of drug-likeness (QED) is 0.652. The van der Waals surface area contributed by atoms with Crippen molar-refractivity contribution in [3.63, 3.8) is 0 Å². The van der Waals surface area contributed by atoms with Gasteiger partial charge in [0.1, 0.15) is 11.7 Å². The number of anilines is 2. The van der Waals surface area contributed by atoms with Crippen molar-refractivity contribution in [3.8, 4) is 0 Å². The van der Waals surface area contributed by atoms with E-state index in [0.717, 1.165) is 54.0 Å². The first-order valence-corrected chi connectivity index (χ1v) is 12.6. The van der Waals surface area contributed by atoms with Gasteiger partial charge in [-0.05, 0) is 36.5 Å². The highest BCUT2D eigenvalue weighted by atomic mass is 16.5. The summed E-state index contributed by atoms with van der Waals surface area (Å²) in [6.07, 6.45) is 7.19. The van der Waals surface area contributed by atoms with Crippen LogP contribution in [0, 0.1) is 11.8 Å². The van der Waals surface area contributed by atoms with E-state index in [1.807, 2.05) is 21.9 Å². The van der Waals surface area contributed by atoms with Gasteiger partial charge in [0.15, 0.2) is 0 Å². The molecule has 182 valence electrons. The molecule has 2 N–H and O–H groups in total. The number of allylic oxidation sites excluding steroid dienone is 2. The number of carbonyl (C=O) groups excluding carboxylic acids is 2. The zero-order chi connectivity index (χ0) is 24.3. The lowest BCUT2D eigenvalue weighted by atomic mass is 9.92. The van der Waals surface area contributed by atoms with Crippen LogP contribution in [0.15, 0.2) is 42.5 Å². The number of ether oxygens (including phenoxy) is 1. The number of rotatable bonds is 4.